The van der Waals surface area contributed by atoms with Gasteiger partial charge in [-0.05, 0) is 49.9 Å². The van der Waals surface area contributed by atoms with Gasteiger partial charge in [0.1, 0.15) is 5.82 Å². The molecule has 1 aromatic carbocycles. The molecule has 1 aromatic rings. The molecular formula is C22H29FN2O2. The second-order valence-corrected chi connectivity index (χ2v) is 8.67. The number of hydrogen-bond acceptors (Lipinski definition) is 2. The van der Waals surface area contributed by atoms with Crippen LogP contribution in [0.5, 0.6) is 0 Å². The number of likely N-dealkylation sites (tertiary alicyclic amines) is 1. The van der Waals surface area contributed by atoms with Crippen molar-refractivity contribution in [1.29, 1.82) is 0 Å². The maximum atomic E-state index is 13.1. The summed E-state index contributed by atoms with van der Waals surface area (Å²) in [7, 11) is 0. The Balaban J connectivity index is 1.48. The van der Waals surface area contributed by atoms with Crippen LogP contribution in [-0.2, 0) is 9.59 Å². The van der Waals surface area contributed by atoms with Crippen molar-refractivity contribution in [2.45, 2.75) is 57.8 Å². The number of carbonyl (C=O) groups excluding carboxylic acids is 2. The van der Waals surface area contributed by atoms with Gasteiger partial charge >= 0.3 is 0 Å². The standard InChI is InChI=1S/C22H29FN2O2/c23-17-8-10-18(11-9-17)24-20(26)19-14-25(15-22(19)12-4-5-13-22)21(27)16-6-2-1-3-7-16/h8-11,16,19H,1-7,12-15H2,(H,24,26). The van der Waals surface area contributed by atoms with Gasteiger partial charge in [-0.2, -0.15) is 0 Å². The van der Waals surface area contributed by atoms with Gasteiger partial charge in [0.15, 0.2) is 0 Å². The zero-order valence-corrected chi connectivity index (χ0v) is 15.9. The minimum absolute atomic E-state index is 0.0255. The lowest BCUT2D eigenvalue weighted by molar-refractivity contribution is -0.136. The molecule has 3 aliphatic rings. The van der Waals surface area contributed by atoms with E-state index in [1.165, 1.54) is 18.6 Å². The first-order valence-corrected chi connectivity index (χ1v) is 10.4. The third-order valence-electron chi connectivity index (χ3n) is 6.94. The van der Waals surface area contributed by atoms with Gasteiger partial charge in [-0.3, -0.25) is 9.59 Å². The SMILES string of the molecule is O=C(Nc1ccc(F)cc1)C1CN(C(=O)C2CCCCC2)CC12CCCC2. The molecule has 1 N–H and O–H groups in total. The average molecular weight is 372 g/mol. The number of hydrogen-bond donors (Lipinski definition) is 1. The largest absolute Gasteiger partial charge is 0.341 e. The van der Waals surface area contributed by atoms with Gasteiger partial charge in [-0.25, -0.2) is 4.39 Å². The fourth-order valence-electron chi connectivity index (χ4n) is 5.45. The number of carbonyl (C=O) groups is 2. The number of benzene rings is 1. The molecule has 1 atom stereocenters. The Labute approximate surface area is 160 Å². The van der Waals surface area contributed by atoms with Crippen LogP contribution >= 0.6 is 0 Å². The highest BCUT2D eigenvalue weighted by molar-refractivity contribution is 5.94. The van der Waals surface area contributed by atoms with E-state index in [0.717, 1.165) is 57.9 Å². The van der Waals surface area contributed by atoms with Crippen LogP contribution in [0, 0.1) is 23.1 Å². The zero-order valence-electron chi connectivity index (χ0n) is 15.9. The molecule has 5 heteroatoms. The minimum Gasteiger partial charge on any atom is -0.341 e. The fourth-order valence-corrected chi connectivity index (χ4v) is 5.45. The van der Waals surface area contributed by atoms with Gasteiger partial charge in [-0.15, -0.1) is 0 Å². The molecule has 0 bridgehead atoms. The van der Waals surface area contributed by atoms with Crippen molar-refractivity contribution < 1.29 is 14.0 Å². The van der Waals surface area contributed by atoms with Gasteiger partial charge in [0.2, 0.25) is 11.8 Å². The molecule has 2 saturated carbocycles. The second kappa shape index (κ2) is 7.61. The molecule has 1 aliphatic heterocycles. The van der Waals surface area contributed by atoms with Crippen LogP contribution < -0.4 is 5.32 Å². The van der Waals surface area contributed by atoms with Crippen LogP contribution in [0.25, 0.3) is 0 Å². The Morgan fingerprint density at radius 3 is 2.33 bits per heavy atom. The highest BCUT2D eigenvalue weighted by atomic mass is 19.1. The van der Waals surface area contributed by atoms with Crippen molar-refractivity contribution in [2.24, 2.45) is 17.3 Å². The molecule has 1 saturated heterocycles. The summed E-state index contributed by atoms with van der Waals surface area (Å²) in [6.45, 7) is 1.26. The quantitative estimate of drug-likeness (QED) is 0.857. The zero-order chi connectivity index (χ0) is 18.9. The number of halogens is 1. The van der Waals surface area contributed by atoms with Crippen molar-refractivity contribution >= 4 is 17.5 Å². The number of rotatable bonds is 3. The van der Waals surface area contributed by atoms with E-state index in [2.05, 4.69) is 5.32 Å². The Kier molecular flexibility index (Phi) is 5.20. The maximum absolute atomic E-state index is 13.1. The first kappa shape index (κ1) is 18.5. The molecule has 27 heavy (non-hydrogen) atoms. The van der Waals surface area contributed by atoms with Crippen molar-refractivity contribution in [2.75, 3.05) is 18.4 Å². The number of anilines is 1. The topological polar surface area (TPSA) is 49.4 Å². The smallest absolute Gasteiger partial charge is 0.229 e. The van der Waals surface area contributed by atoms with Gasteiger partial charge in [0.25, 0.3) is 0 Å². The second-order valence-electron chi connectivity index (χ2n) is 8.67. The molecule has 4 rings (SSSR count). The lowest BCUT2D eigenvalue weighted by Gasteiger charge is -2.29. The molecule has 1 spiro atoms. The van der Waals surface area contributed by atoms with E-state index in [-0.39, 0.29) is 34.9 Å². The Morgan fingerprint density at radius 2 is 1.67 bits per heavy atom. The third-order valence-corrected chi connectivity index (χ3v) is 6.94. The summed E-state index contributed by atoms with van der Waals surface area (Å²) in [6, 6.07) is 5.89. The molecular weight excluding hydrogens is 343 g/mol. The number of nitrogens with one attached hydrogen (secondary N) is 1. The summed E-state index contributed by atoms with van der Waals surface area (Å²) >= 11 is 0. The van der Waals surface area contributed by atoms with Gasteiger partial charge in [0.05, 0.1) is 5.92 Å². The third kappa shape index (κ3) is 3.74. The first-order valence-electron chi connectivity index (χ1n) is 10.4. The molecule has 0 aromatic heterocycles. The molecule has 4 nitrogen and oxygen atoms in total. The molecule has 1 heterocycles. The summed E-state index contributed by atoms with van der Waals surface area (Å²) in [5, 5.41) is 2.96. The monoisotopic (exact) mass is 372 g/mol. The van der Waals surface area contributed by atoms with E-state index in [1.807, 2.05) is 4.90 Å². The predicted molar refractivity (Wildman–Crippen MR) is 103 cm³/mol. The molecule has 146 valence electrons. The van der Waals surface area contributed by atoms with E-state index in [0.29, 0.717) is 12.2 Å². The van der Waals surface area contributed by atoms with Gasteiger partial charge in [0, 0.05) is 30.1 Å². The average Bonchev–Trinajstić information content (AvgIpc) is 3.31. The number of nitrogens with zero attached hydrogens (tertiary/aromatic N) is 1. The summed E-state index contributed by atoms with van der Waals surface area (Å²) < 4.78 is 13.1. The van der Waals surface area contributed by atoms with E-state index >= 15 is 0 Å². The highest BCUT2D eigenvalue weighted by Crippen LogP contribution is 2.50. The van der Waals surface area contributed by atoms with Crippen LogP contribution in [0.2, 0.25) is 0 Å². The minimum atomic E-state index is -0.314. The first-order chi connectivity index (χ1) is 13.1. The highest BCUT2D eigenvalue weighted by Gasteiger charge is 2.52. The van der Waals surface area contributed by atoms with Gasteiger partial charge < -0.3 is 10.2 Å². The van der Waals surface area contributed by atoms with Gasteiger partial charge in [-0.1, -0.05) is 32.1 Å². The van der Waals surface area contributed by atoms with E-state index in [4.69, 9.17) is 0 Å². The van der Waals surface area contributed by atoms with Crippen molar-refractivity contribution in [3.05, 3.63) is 30.1 Å². The Morgan fingerprint density at radius 1 is 1.00 bits per heavy atom. The number of amides is 2. The summed E-state index contributed by atoms with van der Waals surface area (Å²) in [6.07, 6.45) is 9.80. The molecule has 0 radical (unpaired) electrons. The van der Waals surface area contributed by atoms with Crippen molar-refractivity contribution in [3.8, 4) is 0 Å². The lowest BCUT2D eigenvalue weighted by atomic mass is 9.76. The summed E-state index contributed by atoms with van der Waals surface area (Å²) in [5.74, 6) is -0.0976. The predicted octanol–water partition coefficient (Wildman–Crippen LogP) is 4.36. The van der Waals surface area contributed by atoms with Crippen molar-refractivity contribution in [3.63, 3.8) is 0 Å². The van der Waals surface area contributed by atoms with E-state index in [1.54, 1.807) is 12.1 Å². The van der Waals surface area contributed by atoms with Crippen LogP contribution in [0.15, 0.2) is 24.3 Å². The molecule has 2 amide bonds. The molecule has 2 aliphatic carbocycles. The Hall–Kier alpha value is -1.91. The van der Waals surface area contributed by atoms with Crippen LogP contribution in [-0.4, -0.2) is 29.8 Å². The van der Waals surface area contributed by atoms with E-state index in [9.17, 15) is 14.0 Å². The lowest BCUT2D eigenvalue weighted by Crippen LogP contribution is -2.36. The molecule has 1 unspecified atom stereocenters. The van der Waals surface area contributed by atoms with Crippen molar-refractivity contribution in [1.82, 2.24) is 4.90 Å². The maximum Gasteiger partial charge on any atom is 0.229 e. The van der Waals surface area contributed by atoms with Crippen LogP contribution in [0.4, 0.5) is 10.1 Å². The molecule has 3 fully saturated rings. The van der Waals surface area contributed by atoms with Crippen LogP contribution in [0.1, 0.15) is 57.8 Å². The van der Waals surface area contributed by atoms with Crippen LogP contribution in [0.3, 0.4) is 0 Å². The van der Waals surface area contributed by atoms with E-state index < -0.39 is 0 Å². The Bertz CT molecular complexity index is 691. The summed E-state index contributed by atoms with van der Waals surface area (Å²) in [4.78, 5) is 28.1. The normalized spacial score (nSPS) is 25.1. The fraction of sp³-hybridized carbons (Fsp3) is 0.636. The summed E-state index contributed by atoms with van der Waals surface area (Å²) in [5.41, 5.74) is 0.542.